The van der Waals surface area contributed by atoms with Crippen LogP contribution in [0.5, 0.6) is 0 Å². The number of nitrogens with one attached hydrogen (secondary N) is 2. The number of carbonyl (C=O) groups is 1. The molecule has 2 heterocycles. The molecule has 5 aromatic rings. The number of carbonyl (C=O) groups excluding carboxylic acids is 1. The van der Waals surface area contributed by atoms with Gasteiger partial charge in [0.1, 0.15) is 11.6 Å². The Hall–Kier alpha value is -5.16. The quantitative estimate of drug-likeness (QED) is 0.208. The first-order chi connectivity index (χ1) is 19.7. The largest absolute Gasteiger partial charge is 0.386 e. The maximum atomic E-state index is 15.5. The van der Waals surface area contributed by atoms with Gasteiger partial charge in [0.25, 0.3) is 11.5 Å². The van der Waals surface area contributed by atoms with Gasteiger partial charge in [-0.2, -0.15) is 0 Å². The number of halogens is 3. The fourth-order valence-corrected chi connectivity index (χ4v) is 4.98. The van der Waals surface area contributed by atoms with Crippen molar-refractivity contribution in [2.75, 3.05) is 0 Å². The number of H-pyrrole nitrogens is 2. The fourth-order valence-electron chi connectivity index (χ4n) is 4.98. The molecule has 0 unspecified atom stereocenters. The molecule has 0 saturated heterocycles. The number of aromatic amines is 2. The molecular formula is C31H25F3N4O4. The van der Waals surface area contributed by atoms with Crippen LogP contribution in [-0.4, -0.2) is 25.5 Å². The van der Waals surface area contributed by atoms with Crippen molar-refractivity contribution in [2.24, 2.45) is 5.73 Å². The lowest BCUT2D eigenvalue weighted by molar-refractivity contribution is 0.0787. The summed E-state index contributed by atoms with van der Waals surface area (Å²) in [6.45, 7) is 8.59. The van der Waals surface area contributed by atoms with Gasteiger partial charge >= 0.3 is 5.69 Å². The van der Waals surface area contributed by atoms with E-state index in [0.29, 0.717) is 43.6 Å². The Labute approximate surface area is 235 Å². The molecule has 0 radical (unpaired) electrons. The van der Waals surface area contributed by atoms with E-state index in [-0.39, 0.29) is 22.2 Å². The van der Waals surface area contributed by atoms with Crippen molar-refractivity contribution in [1.29, 1.82) is 0 Å². The number of hydrogen-bond donors (Lipinski definition) is 4. The second-order valence-corrected chi connectivity index (χ2v) is 10.4. The zero-order chi connectivity index (χ0) is 30.7. The van der Waals surface area contributed by atoms with Crippen LogP contribution in [0.3, 0.4) is 0 Å². The van der Waals surface area contributed by atoms with Crippen LogP contribution in [0.25, 0.3) is 44.0 Å². The number of benzene rings is 3. The number of amides is 1. The molecule has 0 atom stereocenters. The second-order valence-electron chi connectivity index (χ2n) is 10.4. The lowest BCUT2D eigenvalue weighted by Crippen LogP contribution is -2.34. The van der Waals surface area contributed by atoms with Gasteiger partial charge in [0, 0.05) is 33.6 Å². The van der Waals surface area contributed by atoms with Gasteiger partial charge in [0.05, 0.1) is 27.6 Å². The summed E-state index contributed by atoms with van der Waals surface area (Å²) in [7, 11) is 0. The van der Waals surface area contributed by atoms with E-state index in [0.717, 1.165) is 12.1 Å². The molecule has 214 valence electrons. The highest BCUT2D eigenvalue weighted by Gasteiger charge is 2.23. The van der Waals surface area contributed by atoms with Crippen LogP contribution in [0, 0.1) is 17.5 Å². The Morgan fingerprint density at radius 1 is 1.02 bits per heavy atom. The number of rotatable bonds is 6. The first kappa shape index (κ1) is 28.4. The molecule has 11 heteroatoms. The van der Waals surface area contributed by atoms with E-state index in [1.54, 1.807) is 39.0 Å². The molecule has 0 saturated carbocycles. The molecule has 5 rings (SSSR count). The van der Waals surface area contributed by atoms with Crippen molar-refractivity contribution in [2.45, 2.75) is 26.4 Å². The summed E-state index contributed by atoms with van der Waals surface area (Å²) in [6.07, 6.45) is 4.24. The van der Waals surface area contributed by atoms with Gasteiger partial charge in [0.2, 0.25) is 0 Å². The minimum absolute atomic E-state index is 0.0493. The maximum absolute atomic E-state index is 15.5. The van der Waals surface area contributed by atoms with Crippen LogP contribution < -0.4 is 17.0 Å². The van der Waals surface area contributed by atoms with E-state index in [9.17, 15) is 28.3 Å². The molecule has 0 bridgehead atoms. The molecule has 0 fully saturated rings. The molecule has 8 nitrogen and oxygen atoms in total. The third kappa shape index (κ3) is 4.73. The number of hydrogen-bond acceptors (Lipinski definition) is 4. The van der Waals surface area contributed by atoms with Crippen LogP contribution in [-0.2, 0) is 5.60 Å². The number of aromatic nitrogens is 3. The normalized spacial score (nSPS) is 12.7. The summed E-state index contributed by atoms with van der Waals surface area (Å²) in [6, 6.07) is 7.53. The average molecular weight is 575 g/mol. The number of aliphatic hydroxyl groups is 1. The first-order valence-electron chi connectivity index (χ1n) is 12.7. The van der Waals surface area contributed by atoms with Gasteiger partial charge in [-0.15, -0.1) is 0 Å². The van der Waals surface area contributed by atoms with Crippen LogP contribution in [0.4, 0.5) is 13.2 Å². The van der Waals surface area contributed by atoms with E-state index in [1.165, 1.54) is 18.2 Å². The summed E-state index contributed by atoms with van der Waals surface area (Å²) in [5.41, 5.74) is 3.90. The lowest BCUT2D eigenvalue weighted by atomic mass is 9.94. The number of nitrogens with two attached hydrogens (primary N) is 1. The average Bonchev–Trinajstić information content (AvgIpc) is 3.27. The van der Waals surface area contributed by atoms with Crippen molar-refractivity contribution in [3.8, 4) is 0 Å². The van der Waals surface area contributed by atoms with Crippen molar-refractivity contribution in [3.05, 3.63) is 116 Å². The minimum atomic E-state index is -1.15. The van der Waals surface area contributed by atoms with E-state index < -0.39 is 45.7 Å². The smallest absolute Gasteiger partial charge is 0.333 e. The van der Waals surface area contributed by atoms with Gasteiger partial charge in [0.15, 0.2) is 5.82 Å². The molecule has 0 aliphatic carbocycles. The minimum Gasteiger partial charge on any atom is -0.386 e. The van der Waals surface area contributed by atoms with Crippen LogP contribution in [0.15, 0.2) is 70.8 Å². The Bertz CT molecular complexity index is 2160. The number of fused-ring (bicyclic) bond motifs is 4. The van der Waals surface area contributed by atoms with Crippen LogP contribution in [0.1, 0.15) is 42.3 Å². The number of allylic oxidation sites excluding steroid dienone is 5. The predicted molar refractivity (Wildman–Crippen MR) is 156 cm³/mol. The first-order valence-corrected chi connectivity index (χ1v) is 12.7. The molecule has 1 amide bonds. The zero-order valence-electron chi connectivity index (χ0n) is 22.7. The molecule has 0 aliphatic rings. The van der Waals surface area contributed by atoms with Crippen LogP contribution >= 0.6 is 0 Å². The Morgan fingerprint density at radius 2 is 1.74 bits per heavy atom. The monoisotopic (exact) mass is 574 g/mol. The molecule has 0 aliphatic heterocycles. The highest BCUT2D eigenvalue weighted by molar-refractivity contribution is 6.18. The summed E-state index contributed by atoms with van der Waals surface area (Å²) < 4.78 is 44.0. The topological polar surface area (TPSA) is 134 Å². The summed E-state index contributed by atoms with van der Waals surface area (Å²) in [5, 5.41) is 11.0. The Morgan fingerprint density at radius 3 is 2.40 bits per heavy atom. The van der Waals surface area contributed by atoms with E-state index in [2.05, 4.69) is 16.5 Å². The third-order valence-electron chi connectivity index (χ3n) is 7.04. The van der Waals surface area contributed by atoms with Crippen molar-refractivity contribution in [3.63, 3.8) is 0 Å². The van der Waals surface area contributed by atoms with Gasteiger partial charge in [-0.25, -0.2) is 22.5 Å². The van der Waals surface area contributed by atoms with Crippen molar-refractivity contribution >= 4 is 49.9 Å². The molecule has 3 aromatic carbocycles. The summed E-state index contributed by atoms with van der Waals surface area (Å²) >= 11 is 0. The van der Waals surface area contributed by atoms with Crippen LogP contribution in [0.2, 0.25) is 0 Å². The van der Waals surface area contributed by atoms with E-state index >= 15 is 4.39 Å². The highest BCUT2D eigenvalue weighted by Crippen LogP contribution is 2.37. The van der Waals surface area contributed by atoms with E-state index in [4.69, 9.17) is 5.73 Å². The van der Waals surface area contributed by atoms with E-state index in [1.807, 2.05) is 0 Å². The van der Waals surface area contributed by atoms with Gasteiger partial charge < -0.3 is 20.8 Å². The highest BCUT2D eigenvalue weighted by atomic mass is 19.1. The summed E-state index contributed by atoms with van der Waals surface area (Å²) in [4.78, 5) is 42.9. The van der Waals surface area contributed by atoms with Gasteiger partial charge in [-0.05, 0) is 56.2 Å². The fraction of sp³-hybridized carbons (Fsp3) is 0.129. The standard InChI is InChI=1S/C31H25F3N4O4/c1-14(6-5-7-15(2)38-29(40)20-11-17(32)12-22(34)26(20)37-30(38)41)24-21(33)13-19(28(35)39)27-25(24)18-9-8-16(31(3,4)42)10-23(18)36-27/h5-13,36,42H,2H2,1,3-4H3,(H2,35,39)(H,37,41)/b7-5-,14-6+. The summed E-state index contributed by atoms with van der Waals surface area (Å²) in [5.74, 6) is -3.62. The Kier molecular flexibility index (Phi) is 6.78. The predicted octanol–water partition coefficient (Wildman–Crippen LogP) is 5.20. The Balaban J connectivity index is 1.62. The lowest BCUT2D eigenvalue weighted by Gasteiger charge is -2.17. The van der Waals surface area contributed by atoms with Crippen molar-refractivity contribution in [1.82, 2.24) is 14.5 Å². The molecule has 2 aromatic heterocycles. The SMILES string of the molecule is C=C(/C=C\C=C(/C)c1c(F)cc(C(N)=O)c2[nH]c3cc(C(C)(C)O)ccc3c12)n1c(=O)[nH]c2c(F)cc(F)cc2c1=O. The maximum Gasteiger partial charge on any atom is 0.333 e. The van der Waals surface area contributed by atoms with Gasteiger partial charge in [-0.3, -0.25) is 9.59 Å². The van der Waals surface area contributed by atoms with Gasteiger partial charge in [-0.1, -0.05) is 30.9 Å². The molecular weight excluding hydrogens is 549 g/mol. The molecule has 0 spiro atoms. The molecule has 42 heavy (non-hydrogen) atoms. The third-order valence-corrected chi connectivity index (χ3v) is 7.04. The van der Waals surface area contributed by atoms with Crippen molar-refractivity contribution < 1.29 is 23.1 Å². The number of nitrogens with zero attached hydrogens (tertiary/aromatic N) is 1. The molecule has 5 N–H and O–H groups in total. The number of primary amides is 1. The zero-order valence-corrected chi connectivity index (χ0v) is 22.7. The second kappa shape index (κ2) is 10.0.